The number of rotatable bonds is 4. The van der Waals surface area contributed by atoms with Crippen molar-refractivity contribution in [1.29, 1.82) is 0 Å². The number of anilines is 1. The van der Waals surface area contributed by atoms with Gasteiger partial charge in [0.15, 0.2) is 0 Å². The van der Waals surface area contributed by atoms with Crippen LogP contribution in [0.4, 0.5) is 5.69 Å². The Kier molecular flexibility index (Phi) is 4.38. The third-order valence-electron chi connectivity index (χ3n) is 3.30. The lowest BCUT2D eigenvalue weighted by Gasteiger charge is -2.11. The second kappa shape index (κ2) is 6.22. The number of aromatic carboxylic acids is 1. The van der Waals surface area contributed by atoms with Crippen LogP contribution < -0.4 is 5.32 Å². The maximum absolute atomic E-state index is 12.3. The normalized spacial score (nSPS) is 10.2. The van der Waals surface area contributed by atoms with Crippen molar-refractivity contribution >= 4 is 17.6 Å². The summed E-state index contributed by atoms with van der Waals surface area (Å²) in [5.74, 6) is -1.35. The molecule has 0 bridgehead atoms. The minimum Gasteiger partial charge on any atom is -0.478 e. The largest absolute Gasteiger partial charge is 0.478 e. The molecule has 2 rings (SSSR count). The van der Waals surface area contributed by atoms with E-state index < -0.39 is 5.97 Å². The molecule has 0 aliphatic rings. The summed E-state index contributed by atoms with van der Waals surface area (Å²) in [4.78, 5) is 23.6. The summed E-state index contributed by atoms with van der Waals surface area (Å²) in [6.07, 6.45) is 0.739. The standard InChI is InChI=1S/C17H17NO3/c1-3-12-6-4-5-7-13(12)16(19)18-15-9-8-11(2)10-14(15)17(20)21/h4-10H,3H2,1-2H3,(H,18,19)(H,20,21). The first kappa shape index (κ1) is 14.8. The zero-order valence-electron chi connectivity index (χ0n) is 12.0. The highest BCUT2D eigenvalue weighted by Gasteiger charge is 2.15. The lowest BCUT2D eigenvalue weighted by atomic mass is 10.0. The summed E-state index contributed by atoms with van der Waals surface area (Å²) < 4.78 is 0. The summed E-state index contributed by atoms with van der Waals surface area (Å²) in [5.41, 5.74) is 2.73. The van der Waals surface area contributed by atoms with Crippen molar-refractivity contribution in [2.45, 2.75) is 20.3 Å². The summed E-state index contributed by atoms with van der Waals surface area (Å²) in [6, 6.07) is 12.2. The molecule has 0 radical (unpaired) electrons. The van der Waals surface area contributed by atoms with Crippen LogP contribution in [0, 0.1) is 6.92 Å². The Morgan fingerprint density at radius 2 is 1.81 bits per heavy atom. The minimum atomic E-state index is -1.06. The van der Waals surface area contributed by atoms with Crippen molar-refractivity contribution in [2.24, 2.45) is 0 Å². The van der Waals surface area contributed by atoms with Crippen LogP contribution in [0.2, 0.25) is 0 Å². The van der Waals surface area contributed by atoms with E-state index in [-0.39, 0.29) is 11.5 Å². The number of hydrogen-bond acceptors (Lipinski definition) is 2. The van der Waals surface area contributed by atoms with E-state index in [1.165, 1.54) is 0 Å². The Bertz CT molecular complexity index is 692. The van der Waals surface area contributed by atoms with E-state index in [2.05, 4.69) is 5.32 Å². The average molecular weight is 283 g/mol. The van der Waals surface area contributed by atoms with Crippen molar-refractivity contribution in [3.05, 3.63) is 64.7 Å². The molecule has 4 heteroatoms. The molecule has 0 spiro atoms. The summed E-state index contributed by atoms with van der Waals surface area (Å²) in [5, 5.41) is 11.9. The van der Waals surface area contributed by atoms with Crippen LogP contribution in [0.15, 0.2) is 42.5 Å². The Morgan fingerprint density at radius 3 is 2.48 bits per heavy atom. The summed E-state index contributed by atoms with van der Waals surface area (Å²) in [6.45, 7) is 3.78. The lowest BCUT2D eigenvalue weighted by Crippen LogP contribution is -2.16. The van der Waals surface area contributed by atoms with Crippen molar-refractivity contribution in [3.63, 3.8) is 0 Å². The van der Waals surface area contributed by atoms with Gasteiger partial charge in [0.2, 0.25) is 0 Å². The molecule has 0 aliphatic heterocycles. The molecule has 0 unspecified atom stereocenters. The van der Waals surface area contributed by atoms with Gasteiger partial charge in [0.05, 0.1) is 11.3 Å². The quantitative estimate of drug-likeness (QED) is 0.902. The van der Waals surface area contributed by atoms with Crippen molar-refractivity contribution < 1.29 is 14.7 Å². The van der Waals surface area contributed by atoms with Gasteiger partial charge >= 0.3 is 5.97 Å². The van der Waals surface area contributed by atoms with E-state index in [4.69, 9.17) is 0 Å². The molecule has 0 aromatic heterocycles. The number of nitrogens with one attached hydrogen (secondary N) is 1. The SMILES string of the molecule is CCc1ccccc1C(=O)Nc1ccc(C)cc1C(=O)O. The molecule has 4 nitrogen and oxygen atoms in total. The van der Waals surface area contributed by atoms with Gasteiger partial charge in [-0.2, -0.15) is 0 Å². The van der Waals surface area contributed by atoms with E-state index >= 15 is 0 Å². The van der Waals surface area contributed by atoms with Gasteiger partial charge in [0.25, 0.3) is 5.91 Å². The molecule has 0 heterocycles. The lowest BCUT2D eigenvalue weighted by molar-refractivity contribution is 0.0698. The number of amides is 1. The second-order valence-corrected chi connectivity index (χ2v) is 4.82. The van der Waals surface area contributed by atoms with Gasteiger partial charge < -0.3 is 10.4 Å². The van der Waals surface area contributed by atoms with Crippen LogP contribution in [-0.4, -0.2) is 17.0 Å². The first-order chi connectivity index (χ1) is 10.0. The number of carbonyl (C=O) groups excluding carboxylic acids is 1. The second-order valence-electron chi connectivity index (χ2n) is 4.82. The molecular formula is C17H17NO3. The van der Waals surface area contributed by atoms with Crippen LogP contribution >= 0.6 is 0 Å². The number of carboxylic acid groups (broad SMARTS) is 1. The Morgan fingerprint density at radius 1 is 1.10 bits per heavy atom. The number of carboxylic acids is 1. The van der Waals surface area contributed by atoms with E-state index in [1.807, 2.05) is 26.0 Å². The highest BCUT2D eigenvalue weighted by atomic mass is 16.4. The molecule has 0 saturated heterocycles. The fraction of sp³-hybridized carbons (Fsp3) is 0.176. The Hall–Kier alpha value is -2.62. The maximum Gasteiger partial charge on any atom is 0.337 e. The summed E-state index contributed by atoms with van der Waals surface area (Å²) >= 11 is 0. The van der Waals surface area contributed by atoms with Crippen molar-refractivity contribution in [2.75, 3.05) is 5.32 Å². The Balaban J connectivity index is 2.34. The average Bonchev–Trinajstić information content (AvgIpc) is 2.48. The van der Waals surface area contributed by atoms with Crippen LogP contribution in [0.3, 0.4) is 0 Å². The molecule has 0 fully saturated rings. The van der Waals surface area contributed by atoms with E-state index in [0.29, 0.717) is 11.3 Å². The van der Waals surface area contributed by atoms with Crippen LogP contribution in [0.1, 0.15) is 38.8 Å². The first-order valence-electron chi connectivity index (χ1n) is 6.76. The van der Waals surface area contributed by atoms with E-state index in [9.17, 15) is 14.7 Å². The van der Waals surface area contributed by atoms with E-state index in [0.717, 1.165) is 17.5 Å². The van der Waals surface area contributed by atoms with Crippen LogP contribution in [-0.2, 0) is 6.42 Å². The van der Waals surface area contributed by atoms with Crippen LogP contribution in [0.25, 0.3) is 0 Å². The smallest absolute Gasteiger partial charge is 0.337 e. The molecule has 0 atom stereocenters. The molecule has 0 saturated carbocycles. The highest BCUT2D eigenvalue weighted by Crippen LogP contribution is 2.19. The zero-order chi connectivity index (χ0) is 15.4. The molecule has 2 N–H and O–H groups in total. The monoisotopic (exact) mass is 283 g/mol. The number of benzene rings is 2. The fourth-order valence-electron chi connectivity index (χ4n) is 2.18. The maximum atomic E-state index is 12.3. The molecule has 21 heavy (non-hydrogen) atoms. The molecular weight excluding hydrogens is 266 g/mol. The minimum absolute atomic E-state index is 0.0947. The predicted octanol–water partition coefficient (Wildman–Crippen LogP) is 3.51. The summed E-state index contributed by atoms with van der Waals surface area (Å²) in [7, 11) is 0. The van der Waals surface area contributed by atoms with Gasteiger partial charge in [-0.3, -0.25) is 4.79 Å². The third-order valence-corrected chi connectivity index (χ3v) is 3.30. The first-order valence-corrected chi connectivity index (χ1v) is 6.76. The Labute approximate surface area is 123 Å². The fourth-order valence-corrected chi connectivity index (χ4v) is 2.18. The number of aryl methyl sites for hydroxylation is 2. The van der Waals surface area contributed by atoms with Crippen molar-refractivity contribution in [3.8, 4) is 0 Å². The van der Waals surface area contributed by atoms with Gasteiger partial charge in [-0.25, -0.2) is 4.79 Å². The highest BCUT2D eigenvalue weighted by molar-refractivity contribution is 6.08. The van der Waals surface area contributed by atoms with Crippen molar-refractivity contribution in [1.82, 2.24) is 0 Å². The van der Waals surface area contributed by atoms with Gasteiger partial charge in [-0.1, -0.05) is 36.8 Å². The molecule has 2 aromatic rings. The third kappa shape index (κ3) is 3.28. The van der Waals surface area contributed by atoms with Gasteiger partial charge in [-0.15, -0.1) is 0 Å². The number of hydrogen-bond donors (Lipinski definition) is 2. The van der Waals surface area contributed by atoms with Gasteiger partial charge in [0, 0.05) is 5.56 Å². The topological polar surface area (TPSA) is 66.4 Å². The zero-order valence-corrected chi connectivity index (χ0v) is 12.0. The van der Waals surface area contributed by atoms with Crippen LogP contribution in [0.5, 0.6) is 0 Å². The van der Waals surface area contributed by atoms with E-state index in [1.54, 1.807) is 30.3 Å². The van der Waals surface area contributed by atoms with Gasteiger partial charge in [0.1, 0.15) is 0 Å². The molecule has 2 aromatic carbocycles. The molecule has 1 amide bonds. The molecule has 0 aliphatic carbocycles. The predicted molar refractivity (Wildman–Crippen MR) is 81.9 cm³/mol. The van der Waals surface area contributed by atoms with Gasteiger partial charge in [-0.05, 0) is 37.1 Å². The molecule has 108 valence electrons. The number of carbonyl (C=O) groups is 2.